The summed E-state index contributed by atoms with van der Waals surface area (Å²) in [4.78, 5) is 26.1. The third-order valence-corrected chi connectivity index (χ3v) is 5.27. The molecular weight excluding hydrogens is 395 g/mol. The minimum Gasteiger partial charge on any atom is -0.352 e. The summed E-state index contributed by atoms with van der Waals surface area (Å²) in [6.07, 6.45) is 0.682. The van der Waals surface area contributed by atoms with Crippen LogP contribution in [0.15, 0.2) is 18.2 Å². The lowest BCUT2D eigenvalue weighted by molar-refractivity contribution is -0.137. The lowest BCUT2D eigenvalue weighted by Crippen LogP contribution is -2.49. The van der Waals surface area contributed by atoms with Gasteiger partial charge in [0, 0.05) is 11.7 Å². The van der Waals surface area contributed by atoms with E-state index in [9.17, 15) is 22.8 Å². The minimum absolute atomic E-state index is 0.00515. The second-order valence-electron chi connectivity index (χ2n) is 7.18. The molecule has 9 heteroatoms. The van der Waals surface area contributed by atoms with E-state index in [0.29, 0.717) is 0 Å². The zero-order valence-corrected chi connectivity index (χ0v) is 16.7. The van der Waals surface area contributed by atoms with Crippen LogP contribution in [0.3, 0.4) is 0 Å². The molecule has 1 aromatic rings. The van der Waals surface area contributed by atoms with Crippen LogP contribution in [0.25, 0.3) is 0 Å². The Balaban J connectivity index is 1.90. The summed E-state index contributed by atoms with van der Waals surface area (Å²) < 4.78 is 38.7. The van der Waals surface area contributed by atoms with Crippen LogP contribution in [0, 0.1) is 0 Å². The van der Waals surface area contributed by atoms with E-state index in [4.69, 9.17) is 11.6 Å². The Bertz CT molecular complexity index is 706. The zero-order valence-electron chi connectivity index (χ0n) is 15.9. The quantitative estimate of drug-likeness (QED) is 0.730. The Labute approximate surface area is 167 Å². The minimum atomic E-state index is -4.61. The molecule has 0 saturated heterocycles. The van der Waals surface area contributed by atoms with Gasteiger partial charge in [-0.15, -0.1) is 0 Å². The SMILES string of the molecule is C[C@H](C(=O)NC1CCCCC1)N(C)CC(=O)Nc1ccc(Cl)c(C(F)(F)F)c1. The third kappa shape index (κ3) is 6.38. The molecule has 0 spiro atoms. The van der Waals surface area contributed by atoms with Gasteiger partial charge >= 0.3 is 6.18 Å². The summed E-state index contributed by atoms with van der Waals surface area (Å²) >= 11 is 5.57. The molecule has 1 aliphatic rings. The molecule has 2 N–H and O–H groups in total. The van der Waals surface area contributed by atoms with Crippen molar-refractivity contribution >= 4 is 29.1 Å². The molecule has 0 aromatic heterocycles. The first-order valence-electron chi connectivity index (χ1n) is 9.25. The number of halogens is 4. The second kappa shape index (κ2) is 9.60. The number of hydrogen-bond acceptors (Lipinski definition) is 3. The number of nitrogens with one attached hydrogen (secondary N) is 2. The molecule has 0 unspecified atom stereocenters. The van der Waals surface area contributed by atoms with Gasteiger partial charge < -0.3 is 10.6 Å². The van der Waals surface area contributed by atoms with E-state index in [1.54, 1.807) is 18.9 Å². The van der Waals surface area contributed by atoms with Crippen molar-refractivity contribution in [2.24, 2.45) is 0 Å². The van der Waals surface area contributed by atoms with Crippen LogP contribution in [0.2, 0.25) is 5.02 Å². The molecule has 0 radical (unpaired) electrons. The molecule has 1 aliphatic carbocycles. The topological polar surface area (TPSA) is 61.4 Å². The first-order valence-corrected chi connectivity index (χ1v) is 9.63. The summed E-state index contributed by atoms with van der Waals surface area (Å²) in [7, 11) is 1.62. The molecule has 5 nitrogen and oxygen atoms in total. The molecular formula is C19H25ClF3N3O2. The van der Waals surface area contributed by atoms with Crippen LogP contribution in [0.1, 0.15) is 44.6 Å². The average molecular weight is 420 g/mol. The molecule has 2 rings (SSSR count). The van der Waals surface area contributed by atoms with Crippen LogP contribution in [-0.2, 0) is 15.8 Å². The van der Waals surface area contributed by atoms with Gasteiger partial charge in [0.15, 0.2) is 0 Å². The van der Waals surface area contributed by atoms with E-state index in [2.05, 4.69) is 10.6 Å². The zero-order chi connectivity index (χ0) is 20.9. The van der Waals surface area contributed by atoms with Gasteiger partial charge in [-0.2, -0.15) is 13.2 Å². The lowest BCUT2D eigenvalue weighted by Gasteiger charge is -2.28. The maximum absolute atomic E-state index is 12.9. The van der Waals surface area contributed by atoms with E-state index < -0.39 is 28.7 Å². The van der Waals surface area contributed by atoms with Crippen molar-refractivity contribution in [2.45, 2.75) is 57.3 Å². The molecule has 28 heavy (non-hydrogen) atoms. The van der Waals surface area contributed by atoms with E-state index in [0.717, 1.165) is 37.8 Å². The van der Waals surface area contributed by atoms with Crippen molar-refractivity contribution in [3.05, 3.63) is 28.8 Å². The summed E-state index contributed by atoms with van der Waals surface area (Å²) in [5, 5.41) is 4.98. The predicted molar refractivity (Wildman–Crippen MR) is 102 cm³/mol. The van der Waals surface area contributed by atoms with Gasteiger partial charge in [0.25, 0.3) is 0 Å². The highest BCUT2D eigenvalue weighted by Gasteiger charge is 2.33. The highest BCUT2D eigenvalue weighted by molar-refractivity contribution is 6.31. The van der Waals surface area contributed by atoms with Gasteiger partial charge in [0.2, 0.25) is 11.8 Å². The van der Waals surface area contributed by atoms with Gasteiger partial charge in [-0.25, -0.2) is 0 Å². The fourth-order valence-electron chi connectivity index (χ4n) is 3.15. The van der Waals surface area contributed by atoms with Crippen molar-refractivity contribution in [2.75, 3.05) is 18.9 Å². The summed E-state index contributed by atoms with van der Waals surface area (Å²) in [6, 6.07) is 2.81. The number of carbonyl (C=O) groups excluding carboxylic acids is 2. The molecule has 1 fully saturated rings. The van der Waals surface area contributed by atoms with Gasteiger partial charge in [-0.05, 0) is 45.0 Å². The largest absolute Gasteiger partial charge is 0.417 e. The standard InChI is InChI=1S/C19H25ClF3N3O2/c1-12(18(28)25-13-6-4-3-5-7-13)26(2)11-17(27)24-14-8-9-16(20)15(10-14)19(21,22)23/h8-10,12-13H,3-7,11H2,1-2H3,(H,24,27)(H,25,28)/t12-/m1/s1. The Morgan fingerprint density at radius 1 is 1.25 bits per heavy atom. The number of anilines is 1. The molecule has 0 bridgehead atoms. The Hall–Kier alpha value is -1.80. The van der Waals surface area contributed by atoms with Crippen LogP contribution in [0.5, 0.6) is 0 Å². The van der Waals surface area contributed by atoms with Gasteiger partial charge in [0.1, 0.15) is 0 Å². The first-order chi connectivity index (χ1) is 13.1. The fraction of sp³-hybridized carbons (Fsp3) is 0.579. The van der Waals surface area contributed by atoms with E-state index >= 15 is 0 Å². The molecule has 0 aliphatic heterocycles. The number of likely N-dealkylation sites (N-methyl/N-ethyl adjacent to an activating group) is 1. The van der Waals surface area contributed by atoms with Crippen LogP contribution in [-0.4, -0.2) is 42.4 Å². The molecule has 2 amide bonds. The van der Waals surface area contributed by atoms with Crippen molar-refractivity contribution in [1.82, 2.24) is 10.2 Å². The lowest BCUT2D eigenvalue weighted by atomic mass is 9.95. The summed E-state index contributed by atoms with van der Waals surface area (Å²) in [6.45, 7) is 1.55. The van der Waals surface area contributed by atoms with Gasteiger partial charge in [-0.1, -0.05) is 30.9 Å². The molecule has 1 atom stereocenters. The average Bonchev–Trinajstić information content (AvgIpc) is 2.62. The number of hydrogen-bond donors (Lipinski definition) is 2. The summed E-state index contributed by atoms with van der Waals surface area (Å²) in [5.74, 6) is -0.677. The van der Waals surface area contributed by atoms with E-state index in [-0.39, 0.29) is 24.2 Å². The van der Waals surface area contributed by atoms with Crippen molar-refractivity contribution in [1.29, 1.82) is 0 Å². The second-order valence-corrected chi connectivity index (χ2v) is 7.58. The van der Waals surface area contributed by atoms with Gasteiger partial charge in [-0.3, -0.25) is 14.5 Å². The number of amides is 2. The Morgan fingerprint density at radius 3 is 2.50 bits per heavy atom. The predicted octanol–water partition coefficient (Wildman–Crippen LogP) is 4.07. The van der Waals surface area contributed by atoms with Crippen LogP contribution < -0.4 is 10.6 Å². The number of benzene rings is 1. The summed E-state index contributed by atoms with van der Waals surface area (Å²) in [5.41, 5.74) is -1.02. The smallest absolute Gasteiger partial charge is 0.352 e. The third-order valence-electron chi connectivity index (χ3n) is 4.94. The monoisotopic (exact) mass is 419 g/mol. The Morgan fingerprint density at radius 2 is 1.89 bits per heavy atom. The van der Waals surface area contributed by atoms with Crippen LogP contribution >= 0.6 is 11.6 Å². The number of rotatable bonds is 6. The number of alkyl halides is 3. The maximum Gasteiger partial charge on any atom is 0.417 e. The Kier molecular flexibility index (Phi) is 7.71. The maximum atomic E-state index is 12.9. The first kappa shape index (κ1) is 22.5. The molecule has 0 heterocycles. The van der Waals surface area contributed by atoms with Crippen molar-refractivity contribution < 1.29 is 22.8 Å². The highest BCUT2D eigenvalue weighted by Crippen LogP contribution is 2.36. The number of nitrogens with zero attached hydrogens (tertiary/aromatic N) is 1. The number of carbonyl (C=O) groups is 2. The van der Waals surface area contributed by atoms with Gasteiger partial charge in [0.05, 0.1) is 23.2 Å². The molecule has 1 aromatic carbocycles. The van der Waals surface area contributed by atoms with E-state index in [1.165, 1.54) is 12.5 Å². The normalized spacial score (nSPS) is 16.7. The molecule has 156 valence electrons. The van der Waals surface area contributed by atoms with Crippen LogP contribution in [0.4, 0.5) is 18.9 Å². The van der Waals surface area contributed by atoms with Crippen molar-refractivity contribution in [3.63, 3.8) is 0 Å². The fourth-order valence-corrected chi connectivity index (χ4v) is 3.38. The van der Waals surface area contributed by atoms with Crippen molar-refractivity contribution in [3.8, 4) is 0 Å². The molecule has 1 saturated carbocycles. The highest BCUT2D eigenvalue weighted by atomic mass is 35.5. The van der Waals surface area contributed by atoms with E-state index in [1.807, 2.05) is 0 Å².